The summed E-state index contributed by atoms with van der Waals surface area (Å²) in [5.74, 6) is 0.802. The van der Waals surface area contributed by atoms with Gasteiger partial charge in [-0.25, -0.2) is 4.98 Å². The van der Waals surface area contributed by atoms with Gasteiger partial charge in [0.2, 0.25) is 0 Å². The van der Waals surface area contributed by atoms with E-state index in [1.807, 2.05) is 6.07 Å². The van der Waals surface area contributed by atoms with Crippen molar-refractivity contribution in [1.82, 2.24) is 4.98 Å². The minimum absolute atomic E-state index is 0.676. The summed E-state index contributed by atoms with van der Waals surface area (Å²) in [5.41, 5.74) is 5.61. The third-order valence-corrected chi connectivity index (χ3v) is 4.85. The number of rotatable bonds is 3. The Balaban J connectivity index is 1.77. The van der Waals surface area contributed by atoms with Crippen LogP contribution in [0.1, 0.15) is 34.0 Å². The number of aryl methyl sites for hydroxylation is 1. The Labute approximate surface area is 141 Å². The van der Waals surface area contributed by atoms with Crippen LogP contribution in [0.25, 0.3) is 10.9 Å². The molecule has 0 N–H and O–H groups in total. The number of pyridine rings is 1. The first-order valence-electron chi connectivity index (χ1n) is 8.49. The van der Waals surface area contributed by atoms with E-state index in [-0.39, 0.29) is 0 Å². The standard InChI is InChI=1S/C21H20N2O/c1-2-15-7-8-20-18(11-15)12-19(14-24)21(22-20)23-10-9-16-5-3-4-6-17(16)13-23/h3-8,11-12,14H,2,9-10,13H2,1H3. The molecule has 0 fully saturated rings. The van der Waals surface area contributed by atoms with Gasteiger partial charge in [0, 0.05) is 18.5 Å². The summed E-state index contributed by atoms with van der Waals surface area (Å²) in [5, 5.41) is 1.04. The van der Waals surface area contributed by atoms with E-state index in [2.05, 4.69) is 54.3 Å². The molecule has 0 aliphatic carbocycles. The highest BCUT2D eigenvalue weighted by molar-refractivity contribution is 5.92. The van der Waals surface area contributed by atoms with Gasteiger partial charge in [-0.15, -0.1) is 0 Å². The first-order valence-corrected chi connectivity index (χ1v) is 8.49. The molecular formula is C21H20N2O. The minimum Gasteiger partial charge on any atom is -0.351 e. The number of nitrogens with zero attached hydrogens (tertiary/aromatic N) is 2. The summed E-state index contributed by atoms with van der Waals surface area (Å²) >= 11 is 0. The largest absolute Gasteiger partial charge is 0.351 e. The van der Waals surface area contributed by atoms with Crippen LogP contribution in [-0.2, 0) is 19.4 Å². The summed E-state index contributed by atoms with van der Waals surface area (Å²) in [6.07, 6.45) is 2.90. The fraction of sp³-hybridized carbons (Fsp3) is 0.238. The molecule has 1 aromatic heterocycles. The molecule has 1 aliphatic heterocycles. The van der Waals surface area contributed by atoms with E-state index in [4.69, 9.17) is 4.98 Å². The number of benzene rings is 2. The molecule has 0 amide bonds. The maximum atomic E-state index is 11.6. The van der Waals surface area contributed by atoms with Gasteiger partial charge >= 0.3 is 0 Å². The van der Waals surface area contributed by atoms with Gasteiger partial charge < -0.3 is 4.90 Å². The Bertz CT molecular complexity index is 917. The Morgan fingerprint density at radius 1 is 1.12 bits per heavy atom. The van der Waals surface area contributed by atoms with Gasteiger partial charge in [0.25, 0.3) is 0 Å². The number of aldehydes is 1. The fourth-order valence-corrected chi connectivity index (χ4v) is 3.47. The lowest BCUT2D eigenvalue weighted by atomic mass is 9.99. The van der Waals surface area contributed by atoms with Crippen molar-refractivity contribution in [2.75, 3.05) is 11.4 Å². The van der Waals surface area contributed by atoms with Crippen molar-refractivity contribution < 1.29 is 4.79 Å². The van der Waals surface area contributed by atoms with Gasteiger partial charge in [-0.05, 0) is 47.7 Å². The van der Waals surface area contributed by atoms with E-state index in [0.29, 0.717) is 5.56 Å². The zero-order chi connectivity index (χ0) is 16.5. The van der Waals surface area contributed by atoms with Gasteiger partial charge in [0.15, 0.2) is 6.29 Å². The molecule has 0 spiro atoms. The number of carbonyl (C=O) groups is 1. The molecule has 0 saturated carbocycles. The van der Waals surface area contributed by atoms with E-state index >= 15 is 0 Å². The summed E-state index contributed by atoms with van der Waals surface area (Å²) < 4.78 is 0. The molecule has 3 aromatic rings. The highest BCUT2D eigenvalue weighted by Crippen LogP contribution is 2.28. The van der Waals surface area contributed by atoms with Crippen LogP contribution in [-0.4, -0.2) is 17.8 Å². The molecule has 1 aliphatic rings. The number of fused-ring (bicyclic) bond motifs is 2. The van der Waals surface area contributed by atoms with Crippen LogP contribution in [0.5, 0.6) is 0 Å². The van der Waals surface area contributed by atoms with Crippen molar-refractivity contribution in [1.29, 1.82) is 0 Å². The lowest BCUT2D eigenvalue weighted by Gasteiger charge is -2.30. The molecule has 3 heteroatoms. The quantitative estimate of drug-likeness (QED) is 0.680. The molecule has 2 aromatic carbocycles. The van der Waals surface area contributed by atoms with Crippen LogP contribution in [0.3, 0.4) is 0 Å². The average molecular weight is 316 g/mol. The number of hydrogen-bond donors (Lipinski definition) is 0. The van der Waals surface area contributed by atoms with Crippen LogP contribution in [0.2, 0.25) is 0 Å². The molecule has 120 valence electrons. The second-order valence-corrected chi connectivity index (χ2v) is 6.34. The lowest BCUT2D eigenvalue weighted by Crippen LogP contribution is -2.31. The minimum atomic E-state index is 0.676. The van der Waals surface area contributed by atoms with E-state index in [1.165, 1.54) is 16.7 Å². The predicted molar refractivity (Wildman–Crippen MR) is 97.7 cm³/mol. The van der Waals surface area contributed by atoms with Crippen molar-refractivity contribution in [2.45, 2.75) is 26.3 Å². The van der Waals surface area contributed by atoms with Gasteiger partial charge in [-0.2, -0.15) is 0 Å². The van der Waals surface area contributed by atoms with Crippen molar-refractivity contribution in [3.63, 3.8) is 0 Å². The number of carbonyl (C=O) groups excluding carboxylic acids is 1. The molecule has 3 nitrogen and oxygen atoms in total. The molecular weight excluding hydrogens is 296 g/mol. The maximum Gasteiger partial charge on any atom is 0.153 e. The van der Waals surface area contributed by atoms with Crippen LogP contribution in [0.4, 0.5) is 5.82 Å². The highest BCUT2D eigenvalue weighted by Gasteiger charge is 2.20. The van der Waals surface area contributed by atoms with Gasteiger partial charge in [-0.1, -0.05) is 37.3 Å². The van der Waals surface area contributed by atoms with Crippen LogP contribution < -0.4 is 4.90 Å². The summed E-state index contributed by atoms with van der Waals surface area (Å²) in [6, 6.07) is 16.8. The van der Waals surface area contributed by atoms with Gasteiger partial charge in [0.1, 0.15) is 5.82 Å². The molecule has 0 saturated heterocycles. The Morgan fingerprint density at radius 3 is 2.75 bits per heavy atom. The summed E-state index contributed by atoms with van der Waals surface area (Å²) in [7, 11) is 0. The second-order valence-electron chi connectivity index (χ2n) is 6.34. The number of aromatic nitrogens is 1. The van der Waals surface area contributed by atoms with E-state index in [0.717, 1.165) is 48.9 Å². The number of anilines is 1. The third-order valence-electron chi connectivity index (χ3n) is 4.85. The molecule has 0 bridgehead atoms. The van der Waals surface area contributed by atoms with E-state index < -0.39 is 0 Å². The smallest absolute Gasteiger partial charge is 0.153 e. The summed E-state index contributed by atoms with van der Waals surface area (Å²) in [6.45, 7) is 3.83. The zero-order valence-electron chi connectivity index (χ0n) is 13.8. The Morgan fingerprint density at radius 2 is 1.96 bits per heavy atom. The molecule has 24 heavy (non-hydrogen) atoms. The van der Waals surface area contributed by atoms with Crippen LogP contribution in [0, 0.1) is 0 Å². The van der Waals surface area contributed by atoms with Crippen molar-refractivity contribution >= 4 is 23.0 Å². The Hall–Kier alpha value is -2.68. The van der Waals surface area contributed by atoms with Crippen LogP contribution in [0.15, 0.2) is 48.5 Å². The Kier molecular flexibility index (Phi) is 3.77. The van der Waals surface area contributed by atoms with E-state index in [1.54, 1.807) is 0 Å². The monoisotopic (exact) mass is 316 g/mol. The van der Waals surface area contributed by atoms with Crippen molar-refractivity contribution in [2.24, 2.45) is 0 Å². The van der Waals surface area contributed by atoms with E-state index in [9.17, 15) is 4.79 Å². The fourth-order valence-electron chi connectivity index (χ4n) is 3.47. The summed E-state index contributed by atoms with van der Waals surface area (Å²) in [4.78, 5) is 18.7. The normalized spacial score (nSPS) is 13.8. The van der Waals surface area contributed by atoms with Gasteiger partial charge in [0.05, 0.1) is 11.1 Å². The van der Waals surface area contributed by atoms with Crippen molar-refractivity contribution in [3.8, 4) is 0 Å². The number of hydrogen-bond acceptors (Lipinski definition) is 3. The molecule has 0 atom stereocenters. The average Bonchev–Trinajstić information content (AvgIpc) is 2.66. The topological polar surface area (TPSA) is 33.2 Å². The SMILES string of the molecule is CCc1ccc2nc(N3CCc4ccccc4C3)c(C=O)cc2c1. The first-order chi connectivity index (χ1) is 11.8. The molecule has 2 heterocycles. The first kappa shape index (κ1) is 14.9. The predicted octanol–water partition coefficient (Wildman–Crippen LogP) is 4.17. The van der Waals surface area contributed by atoms with Crippen molar-refractivity contribution in [3.05, 3.63) is 70.8 Å². The maximum absolute atomic E-state index is 11.6. The van der Waals surface area contributed by atoms with Crippen LogP contribution >= 0.6 is 0 Å². The zero-order valence-corrected chi connectivity index (χ0v) is 13.8. The lowest BCUT2D eigenvalue weighted by molar-refractivity contribution is 0.112. The molecule has 4 rings (SSSR count). The van der Waals surface area contributed by atoms with Gasteiger partial charge in [-0.3, -0.25) is 4.79 Å². The molecule has 0 radical (unpaired) electrons. The highest BCUT2D eigenvalue weighted by atomic mass is 16.1. The second kappa shape index (κ2) is 6.08. The third kappa shape index (κ3) is 2.56. The molecule has 0 unspecified atom stereocenters.